The number of aliphatic hydroxyl groups is 1. The zero-order chi connectivity index (χ0) is 11.4. The summed E-state index contributed by atoms with van der Waals surface area (Å²) in [6, 6.07) is 1.94. The molecule has 0 fully saturated rings. The first-order valence-electron chi connectivity index (χ1n) is 5.49. The molecule has 0 unspecified atom stereocenters. The molecule has 2 aromatic heterocycles. The van der Waals surface area contributed by atoms with Gasteiger partial charge in [-0.05, 0) is 25.3 Å². The van der Waals surface area contributed by atoms with Gasteiger partial charge in [-0.2, -0.15) is 0 Å². The molecule has 0 aromatic carbocycles. The lowest BCUT2D eigenvalue weighted by atomic mass is 10.2. The van der Waals surface area contributed by atoms with Gasteiger partial charge < -0.3 is 15.4 Å². The standard InChI is InChI=1S/C11H16N4O/c12-10-9-4-6-15(5-2-1-3-7-16)11(9)14-8-13-10/h4,6,8,16H,1-3,5,7H2,(H2,12,13,14). The molecule has 0 atom stereocenters. The van der Waals surface area contributed by atoms with Crippen LogP contribution in [0.15, 0.2) is 18.6 Å². The molecular formula is C11H16N4O. The molecular weight excluding hydrogens is 204 g/mol. The van der Waals surface area contributed by atoms with Crippen LogP contribution in [-0.4, -0.2) is 26.2 Å². The second-order valence-electron chi connectivity index (χ2n) is 3.79. The molecule has 0 saturated heterocycles. The molecule has 0 aliphatic rings. The van der Waals surface area contributed by atoms with Crippen LogP contribution in [0.2, 0.25) is 0 Å². The lowest BCUT2D eigenvalue weighted by Crippen LogP contribution is -1.99. The van der Waals surface area contributed by atoms with Crippen LogP contribution in [-0.2, 0) is 6.54 Å². The van der Waals surface area contributed by atoms with Gasteiger partial charge in [-0.15, -0.1) is 0 Å². The smallest absolute Gasteiger partial charge is 0.145 e. The van der Waals surface area contributed by atoms with Crippen molar-refractivity contribution in [1.29, 1.82) is 0 Å². The van der Waals surface area contributed by atoms with E-state index in [2.05, 4.69) is 14.5 Å². The molecule has 2 rings (SSSR count). The Bertz CT molecular complexity index is 466. The van der Waals surface area contributed by atoms with E-state index in [0.29, 0.717) is 5.82 Å². The Labute approximate surface area is 93.9 Å². The SMILES string of the molecule is Nc1ncnc2c1ccn2CCCCCO. The molecule has 0 saturated carbocycles. The number of hydrogen-bond donors (Lipinski definition) is 2. The Kier molecular flexibility index (Phi) is 3.36. The number of rotatable bonds is 5. The summed E-state index contributed by atoms with van der Waals surface area (Å²) in [6.07, 6.45) is 6.39. The molecule has 2 aromatic rings. The Hall–Kier alpha value is -1.62. The largest absolute Gasteiger partial charge is 0.396 e. The number of hydrogen-bond acceptors (Lipinski definition) is 4. The van der Waals surface area contributed by atoms with E-state index >= 15 is 0 Å². The normalized spacial score (nSPS) is 11.1. The van der Waals surface area contributed by atoms with Crippen molar-refractivity contribution in [2.45, 2.75) is 25.8 Å². The molecule has 0 bridgehead atoms. The highest BCUT2D eigenvalue weighted by atomic mass is 16.2. The number of nitrogens with zero attached hydrogens (tertiary/aromatic N) is 3. The van der Waals surface area contributed by atoms with Gasteiger partial charge in [-0.25, -0.2) is 9.97 Å². The first kappa shape index (κ1) is 10.9. The Balaban J connectivity index is 2.10. The minimum Gasteiger partial charge on any atom is -0.396 e. The Morgan fingerprint density at radius 2 is 2.12 bits per heavy atom. The minimum atomic E-state index is 0.265. The van der Waals surface area contributed by atoms with Crippen LogP contribution < -0.4 is 5.73 Å². The number of aromatic nitrogens is 3. The fraction of sp³-hybridized carbons (Fsp3) is 0.455. The lowest BCUT2D eigenvalue weighted by molar-refractivity contribution is 0.282. The molecule has 86 valence electrons. The molecule has 0 radical (unpaired) electrons. The monoisotopic (exact) mass is 220 g/mol. The van der Waals surface area contributed by atoms with Gasteiger partial charge in [-0.1, -0.05) is 0 Å². The van der Waals surface area contributed by atoms with Crippen molar-refractivity contribution < 1.29 is 5.11 Å². The van der Waals surface area contributed by atoms with Crippen molar-refractivity contribution in [3.8, 4) is 0 Å². The van der Waals surface area contributed by atoms with E-state index in [9.17, 15) is 0 Å². The van der Waals surface area contributed by atoms with Gasteiger partial charge in [0.05, 0.1) is 5.39 Å². The number of nitrogen functional groups attached to an aromatic ring is 1. The third-order valence-electron chi connectivity index (χ3n) is 2.64. The minimum absolute atomic E-state index is 0.265. The maximum absolute atomic E-state index is 8.69. The number of nitrogens with two attached hydrogens (primary N) is 1. The van der Waals surface area contributed by atoms with Gasteiger partial charge in [-0.3, -0.25) is 0 Å². The average Bonchev–Trinajstić information content (AvgIpc) is 2.70. The summed E-state index contributed by atoms with van der Waals surface area (Å²) in [5, 5.41) is 9.59. The Morgan fingerprint density at radius 3 is 2.94 bits per heavy atom. The Morgan fingerprint density at radius 1 is 1.25 bits per heavy atom. The lowest BCUT2D eigenvalue weighted by Gasteiger charge is -2.04. The predicted molar refractivity (Wildman–Crippen MR) is 62.9 cm³/mol. The van der Waals surface area contributed by atoms with E-state index in [1.165, 1.54) is 6.33 Å². The second kappa shape index (κ2) is 4.94. The van der Waals surface area contributed by atoms with E-state index in [1.807, 2.05) is 12.3 Å². The highest BCUT2D eigenvalue weighted by Crippen LogP contribution is 2.17. The topological polar surface area (TPSA) is 77.0 Å². The first-order valence-corrected chi connectivity index (χ1v) is 5.49. The van der Waals surface area contributed by atoms with Crippen LogP contribution >= 0.6 is 0 Å². The predicted octanol–water partition coefficient (Wildman–Crippen LogP) is 1.18. The van der Waals surface area contributed by atoms with E-state index in [-0.39, 0.29) is 6.61 Å². The average molecular weight is 220 g/mol. The molecule has 0 spiro atoms. The number of unbranched alkanes of at least 4 members (excludes halogenated alkanes) is 2. The third kappa shape index (κ3) is 2.14. The van der Waals surface area contributed by atoms with Crippen molar-refractivity contribution in [1.82, 2.24) is 14.5 Å². The molecule has 0 amide bonds. The van der Waals surface area contributed by atoms with Crippen LogP contribution in [0.5, 0.6) is 0 Å². The van der Waals surface area contributed by atoms with Crippen LogP contribution in [0.4, 0.5) is 5.82 Å². The van der Waals surface area contributed by atoms with Crippen molar-refractivity contribution in [2.24, 2.45) is 0 Å². The fourth-order valence-corrected chi connectivity index (χ4v) is 1.77. The summed E-state index contributed by atoms with van der Waals surface area (Å²) in [4.78, 5) is 8.17. The molecule has 0 aliphatic heterocycles. The number of aliphatic hydroxyl groups excluding tert-OH is 1. The van der Waals surface area contributed by atoms with E-state index < -0.39 is 0 Å². The van der Waals surface area contributed by atoms with Gasteiger partial charge in [0.1, 0.15) is 17.8 Å². The number of aryl methyl sites for hydroxylation is 1. The third-order valence-corrected chi connectivity index (χ3v) is 2.64. The second-order valence-corrected chi connectivity index (χ2v) is 3.79. The summed E-state index contributed by atoms with van der Waals surface area (Å²) in [5.74, 6) is 0.527. The van der Waals surface area contributed by atoms with Gasteiger partial charge in [0.15, 0.2) is 0 Å². The highest BCUT2D eigenvalue weighted by molar-refractivity contribution is 5.85. The maximum atomic E-state index is 8.69. The quantitative estimate of drug-likeness (QED) is 0.742. The number of fused-ring (bicyclic) bond motifs is 1. The summed E-state index contributed by atoms with van der Waals surface area (Å²) in [6.45, 7) is 1.17. The van der Waals surface area contributed by atoms with Gasteiger partial charge in [0.25, 0.3) is 0 Å². The van der Waals surface area contributed by atoms with Crippen LogP contribution in [0, 0.1) is 0 Å². The molecule has 2 heterocycles. The van der Waals surface area contributed by atoms with E-state index in [1.54, 1.807) is 0 Å². The van der Waals surface area contributed by atoms with Crippen molar-refractivity contribution in [2.75, 3.05) is 12.3 Å². The molecule has 5 heteroatoms. The fourth-order valence-electron chi connectivity index (χ4n) is 1.77. The molecule has 3 N–H and O–H groups in total. The van der Waals surface area contributed by atoms with Gasteiger partial charge in [0.2, 0.25) is 0 Å². The van der Waals surface area contributed by atoms with E-state index in [0.717, 1.165) is 36.8 Å². The number of anilines is 1. The van der Waals surface area contributed by atoms with Crippen LogP contribution in [0.3, 0.4) is 0 Å². The van der Waals surface area contributed by atoms with Gasteiger partial charge in [0, 0.05) is 19.3 Å². The van der Waals surface area contributed by atoms with Crippen molar-refractivity contribution in [3.05, 3.63) is 18.6 Å². The summed E-state index contributed by atoms with van der Waals surface area (Å²) >= 11 is 0. The zero-order valence-electron chi connectivity index (χ0n) is 9.13. The molecule has 5 nitrogen and oxygen atoms in total. The first-order chi connectivity index (χ1) is 7.83. The van der Waals surface area contributed by atoms with Crippen LogP contribution in [0.25, 0.3) is 11.0 Å². The van der Waals surface area contributed by atoms with Crippen molar-refractivity contribution in [3.63, 3.8) is 0 Å². The molecule has 0 aliphatic carbocycles. The zero-order valence-corrected chi connectivity index (χ0v) is 9.13. The summed E-state index contributed by atoms with van der Waals surface area (Å²) in [5.41, 5.74) is 6.63. The highest BCUT2D eigenvalue weighted by Gasteiger charge is 2.04. The van der Waals surface area contributed by atoms with Gasteiger partial charge >= 0.3 is 0 Å². The maximum Gasteiger partial charge on any atom is 0.145 e. The van der Waals surface area contributed by atoms with Crippen LogP contribution in [0.1, 0.15) is 19.3 Å². The van der Waals surface area contributed by atoms with E-state index in [4.69, 9.17) is 10.8 Å². The summed E-state index contributed by atoms with van der Waals surface area (Å²) < 4.78 is 2.07. The van der Waals surface area contributed by atoms with Crippen molar-refractivity contribution >= 4 is 16.9 Å². The summed E-state index contributed by atoms with van der Waals surface area (Å²) in [7, 11) is 0. The molecule has 16 heavy (non-hydrogen) atoms.